The molecule has 0 aromatic carbocycles. The van der Waals surface area contributed by atoms with Crippen LogP contribution < -0.4 is 5.73 Å². The molecule has 0 radical (unpaired) electrons. The van der Waals surface area contributed by atoms with E-state index >= 15 is 0 Å². The van der Waals surface area contributed by atoms with Gasteiger partial charge in [0.2, 0.25) is 0 Å². The molecule has 0 saturated carbocycles. The first-order valence-electron chi connectivity index (χ1n) is 21.1. The predicted molar refractivity (Wildman–Crippen MR) is 220 cm³/mol. The fraction of sp³-hybridized carbons (Fsp3) is 0.767. The Kier molecular flexibility index (Phi) is 38.1. The van der Waals surface area contributed by atoms with Crippen molar-refractivity contribution < 1.29 is 37.6 Å². The summed E-state index contributed by atoms with van der Waals surface area (Å²) in [6, 6.07) is 0. The number of esters is 2. The molecule has 0 saturated heterocycles. The lowest BCUT2D eigenvalue weighted by molar-refractivity contribution is -0.161. The fourth-order valence-corrected chi connectivity index (χ4v) is 6.39. The Hall–Kier alpha value is -2.03. The van der Waals surface area contributed by atoms with Gasteiger partial charge in [0.15, 0.2) is 6.10 Å². The minimum atomic E-state index is -4.37. The molecule has 0 fully saturated rings. The predicted octanol–water partition coefficient (Wildman–Crippen LogP) is 11.9. The van der Waals surface area contributed by atoms with Crippen LogP contribution in [0.1, 0.15) is 181 Å². The summed E-state index contributed by atoms with van der Waals surface area (Å²) in [5.74, 6) is -0.838. The van der Waals surface area contributed by atoms with Crippen molar-refractivity contribution in [2.24, 2.45) is 5.73 Å². The van der Waals surface area contributed by atoms with E-state index in [4.69, 9.17) is 24.3 Å². The minimum absolute atomic E-state index is 0.0527. The van der Waals surface area contributed by atoms with E-state index in [1.54, 1.807) is 0 Å². The average molecular weight is 768 g/mol. The third-order valence-corrected chi connectivity index (χ3v) is 9.71. The van der Waals surface area contributed by atoms with Crippen molar-refractivity contribution in [2.75, 3.05) is 26.4 Å². The van der Waals surface area contributed by atoms with E-state index in [-0.39, 0.29) is 38.6 Å². The summed E-state index contributed by atoms with van der Waals surface area (Å²) in [6.07, 6.45) is 44.6. The lowest BCUT2D eigenvalue weighted by Gasteiger charge is -2.19. The van der Waals surface area contributed by atoms with Gasteiger partial charge in [-0.25, -0.2) is 4.57 Å². The van der Waals surface area contributed by atoms with Crippen LogP contribution in [-0.2, 0) is 32.7 Å². The molecule has 0 bridgehead atoms. The summed E-state index contributed by atoms with van der Waals surface area (Å²) in [7, 11) is -4.37. The van der Waals surface area contributed by atoms with Gasteiger partial charge in [-0.15, -0.1) is 0 Å². The van der Waals surface area contributed by atoms with Crippen molar-refractivity contribution in [1.29, 1.82) is 0 Å². The van der Waals surface area contributed by atoms with Crippen molar-refractivity contribution in [3.05, 3.63) is 48.6 Å². The third kappa shape index (κ3) is 39.5. The summed E-state index contributed by atoms with van der Waals surface area (Å²) in [6.45, 7) is 3.56. The molecule has 0 amide bonds. The van der Waals surface area contributed by atoms with Crippen LogP contribution in [0.15, 0.2) is 48.6 Å². The molecule has 2 atom stereocenters. The zero-order valence-corrected chi connectivity index (χ0v) is 34.6. The van der Waals surface area contributed by atoms with Gasteiger partial charge in [-0.2, -0.15) is 0 Å². The van der Waals surface area contributed by atoms with Crippen molar-refractivity contribution in [3.63, 3.8) is 0 Å². The number of hydrogen-bond donors (Lipinski definition) is 2. The van der Waals surface area contributed by atoms with Gasteiger partial charge < -0.3 is 20.1 Å². The maximum atomic E-state index is 12.5. The lowest BCUT2D eigenvalue weighted by Crippen LogP contribution is -2.29. The molecule has 0 aliphatic heterocycles. The van der Waals surface area contributed by atoms with Crippen molar-refractivity contribution >= 4 is 19.8 Å². The maximum absolute atomic E-state index is 12.5. The van der Waals surface area contributed by atoms with Crippen molar-refractivity contribution in [1.82, 2.24) is 0 Å². The number of rotatable bonds is 39. The second-order valence-corrected chi connectivity index (χ2v) is 15.3. The Bertz CT molecular complexity index is 1010. The van der Waals surface area contributed by atoms with E-state index in [9.17, 15) is 19.0 Å². The smallest absolute Gasteiger partial charge is 0.462 e. The summed E-state index contributed by atoms with van der Waals surface area (Å²) in [4.78, 5) is 34.6. The molecule has 0 aliphatic carbocycles. The van der Waals surface area contributed by atoms with E-state index in [1.807, 2.05) is 0 Å². The molecule has 10 heteroatoms. The monoisotopic (exact) mass is 768 g/mol. The van der Waals surface area contributed by atoms with Crippen LogP contribution in [0.3, 0.4) is 0 Å². The molecular formula is C43H78NO8P. The molecule has 0 aliphatic rings. The number of allylic oxidation sites excluding steroid dienone is 8. The number of hydrogen-bond acceptors (Lipinski definition) is 8. The summed E-state index contributed by atoms with van der Waals surface area (Å²) in [5, 5.41) is 0. The quantitative estimate of drug-likeness (QED) is 0.0271. The third-order valence-electron chi connectivity index (χ3n) is 8.73. The Morgan fingerprint density at radius 2 is 1.04 bits per heavy atom. The van der Waals surface area contributed by atoms with Crippen LogP contribution in [0.5, 0.6) is 0 Å². The molecule has 0 aromatic heterocycles. The highest BCUT2D eigenvalue weighted by Gasteiger charge is 2.26. The molecule has 0 aromatic rings. The minimum Gasteiger partial charge on any atom is -0.462 e. The van der Waals surface area contributed by atoms with Gasteiger partial charge in [0, 0.05) is 19.4 Å². The normalized spacial score (nSPS) is 13.8. The average Bonchev–Trinajstić information content (AvgIpc) is 3.14. The largest absolute Gasteiger partial charge is 0.472 e. The zero-order chi connectivity index (χ0) is 38.9. The molecule has 9 nitrogen and oxygen atoms in total. The maximum Gasteiger partial charge on any atom is 0.472 e. The number of phosphoric ester groups is 1. The standard InChI is InChI=1S/C43H78NO8P/c1-3-5-7-9-11-12-13-14-15-16-17-18-19-20-21-22-23-24-25-26-27-28-30-32-34-36-43(46)52-41(40-51-53(47,48)50-38-37-44)39-49-42(45)35-33-31-29-10-8-6-4-2/h5,7,11-12,14-15,17-18,41H,3-4,6,8-10,13,16,19-40,44H2,1-2H3,(H,47,48)/b7-5-,12-11-,15-14-,18-17-. The second kappa shape index (κ2) is 39.7. The summed E-state index contributed by atoms with van der Waals surface area (Å²) in [5.41, 5.74) is 5.33. The first-order chi connectivity index (χ1) is 25.8. The highest BCUT2D eigenvalue weighted by atomic mass is 31.2. The number of carbonyl (C=O) groups excluding carboxylic acids is 2. The van der Waals surface area contributed by atoms with Gasteiger partial charge in [-0.3, -0.25) is 18.6 Å². The Labute approximate surface area is 324 Å². The number of ether oxygens (including phenoxy) is 2. The van der Waals surface area contributed by atoms with Crippen LogP contribution in [0.4, 0.5) is 0 Å². The Balaban J connectivity index is 3.98. The molecule has 0 heterocycles. The van der Waals surface area contributed by atoms with E-state index < -0.39 is 26.5 Å². The van der Waals surface area contributed by atoms with Gasteiger partial charge >= 0.3 is 19.8 Å². The molecule has 308 valence electrons. The number of nitrogens with two attached hydrogens (primary N) is 1. The van der Waals surface area contributed by atoms with Gasteiger partial charge in [0.05, 0.1) is 13.2 Å². The molecule has 53 heavy (non-hydrogen) atoms. The van der Waals surface area contributed by atoms with Gasteiger partial charge in [-0.1, -0.05) is 165 Å². The number of phosphoric acid groups is 1. The molecule has 2 unspecified atom stereocenters. The molecular weight excluding hydrogens is 689 g/mol. The van der Waals surface area contributed by atoms with E-state index in [0.717, 1.165) is 64.2 Å². The lowest BCUT2D eigenvalue weighted by atomic mass is 10.0. The van der Waals surface area contributed by atoms with Crippen LogP contribution in [0.25, 0.3) is 0 Å². The van der Waals surface area contributed by atoms with E-state index in [1.165, 1.54) is 83.5 Å². The topological polar surface area (TPSA) is 134 Å². The van der Waals surface area contributed by atoms with E-state index in [0.29, 0.717) is 6.42 Å². The fourth-order valence-electron chi connectivity index (χ4n) is 5.62. The van der Waals surface area contributed by atoms with Gasteiger partial charge in [-0.05, 0) is 51.4 Å². The van der Waals surface area contributed by atoms with E-state index in [2.05, 4.69) is 62.5 Å². The van der Waals surface area contributed by atoms with Crippen LogP contribution in [-0.4, -0.2) is 49.3 Å². The molecule has 0 spiro atoms. The first kappa shape index (κ1) is 51.0. The van der Waals surface area contributed by atoms with Crippen LogP contribution in [0.2, 0.25) is 0 Å². The number of unbranched alkanes of at least 4 members (excludes halogenated alkanes) is 18. The first-order valence-corrected chi connectivity index (χ1v) is 22.6. The highest BCUT2D eigenvalue weighted by molar-refractivity contribution is 7.47. The highest BCUT2D eigenvalue weighted by Crippen LogP contribution is 2.43. The summed E-state index contributed by atoms with van der Waals surface area (Å²) < 4.78 is 32.6. The SMILES string of the molecule is CC/C=C\C/C=C\C/C=C\C/C=C\CCCCCCCCCCCCCCC(=O)OC(COC(=O)CCCCCCCCC)COP(=O)(O)OCCN. The number of carbonyl (C=O) groups is 2. The van der Waals surface area contributed by atoms with Gasteiger partial charge in [0.25, 0.3) is 0 Å². The molecule has 0 rings (SSSR count). The van der Waals surface area contributed by atoms with Crippen molar-refractivity contribution in [2.45, 2.75) is 187 Å². The Morgan fingerprint density at radius 3 is 1.55 bits per heavy atom. The van der Waals surface area contributed by atoms with Crippen LogP contribution in [0, 0.1) is 0 Å². The second-order valence-electron chi connectivity index (χ2n) is 13.8. The Morgan fingerprint density at radius 1 is 0.585 bits per heavy atom. The van der Waals surface area contributed by atoms with Crippen LogP contribution >= 0.6 is 7.82 Å². The van der Waals surface area contributed by atoms with Crippen molar-refractivity contribution in [3.8, 4) is 0 Å². The summed E-state index contributed by atoms with van der Waals surface area (Å²) >= 11 is 0. The molecule has 3 N–H and O–H groups in total. The van der Waals surface area contributed by atoms with Gasteiger partial charge in [0.1, 0.15) is 6.61 Å². The zero-order valence-electron chi connectivity index (χ0n) is 33.7.